The first-order valence-electron chi connectivity index (χ1n) is 6.33. The van der Waals surface area contributed by atoms with E-state index in [1.54, 1.807) is 0 Å². The van der Waals surface area contributed by atoms with Crippen LogP contribution in [0.1, 0.15) is 40.0 Å². The highest BCUT2D eigenvalue weighted by Crippen LogP contribution is 2.22. The van der Waals surface area contributed by atoms with Crippen LogP contribution in [0.2, 0.25) is 0 Å². The van der Waals surface area contributed by atoms with Gasteiger partial charge in [0.1, 0.15) is 0 Å². The molecule has 98 valence electrons. The number of carbonyl (C=O) groups is 2. The summed E-state index contributed by atoms with van der Waals surface area (Å²) in [6, 6.07) is 0.101. The average Bonchev–Trinajstić information content (AvgIpc) is 2.74. The molecule has 5 nitrogen and oxygen atoms in total. The molecule has 0 aliphatic carbocycles. The lowest BCUT2D eigenvalue weighted by Gasteiger charge is -2.26. The molecular weight excluding hydrogens is 218 g/mol. The topological polar surface area (TPSA) is 70.2 Å². The third kappa shape index (κ3) is 3.70. The van der Waals surface area contributed by atoms with Crippen molar-refractivity contribution in [3.63, 3.8) is 0 Å². The zero-order valence-corrected chi connectivity index (χ0v) is 10.9. The second-order valence-electron chi connectivity index (χ2n) is 4.87. The van der Waals surface area contributed by atoms with E-state index in [0.717, 1.165) is 25.8 Å². The number of hydrogen-bond donors (Lipinski definition) is 3. The van der Waals surface area contributed by atoms with Gasteiger partial charge in [-0.15, -0.1) is 0 Å². The van der Waals surface area contributed by atoms with Crippen molar-refractivity contribution in [2.24, 2.45) is 0 Å². The number of rotatable bonds is 5. The molecule has 1 unspecified atom stereocenters. The maximum Gasteiger partial charge on any atom is 0.240 e. The van der Waals surface area contributed by atoms with E-state index < -0.39 is 5.54 Å². The third-order valence-electron chi connectivity index (χ3n) is 3.14. The van der Waals surface area contributed by atoms with Gasteiger partial charge in [-0.05, 0) is 39.7 Å². The first-order valence-corrected chi connectivity index (χ1v) is 6.33. The molecule has 5 heteroatoms. The maximum absolute atomic E-state index is 12.0. The molecule has 1 rings (SSSR count). The highest BCUT2D eigenvalue weighted by Gasteiger charge is 2.38. The highest BCUT2D eigenvalue weighted by atomic mass is 16.2. The monoisotopic (exact) mass is 241 g/mol. The lowest BCUT2D eigenvalue weighted by Crippen LogP contribution is -2.54. The average molecular weight is 241 g/mol. The van der Waals surface area contributed by atoms with Crippen molar-refractivity contribution >= 4 is 11.8 Å². The van der Waals surface area contributed by atoms with Gasteiger partial charge in [0.15, 0.2) is 0 Å². The van der Waals surface area contributed by atoms with Crippen molar-refractivity contribution in [1.82, 2.24) is 16.0 Å². The minimum atomic E-state index is -0.460. The van der Waals surface area contributed by atoms with Crippen molar-refractivity contribution < 1.29 is 9.59 Å². The summed E-state index contributed by atoms with van der Waals surface area (Å²) in [4.78, 5) is 23.5. The number of hydrogen-bond acceptors (Lipinski definition) is 3. The Labute approximate surface area is 103 Å². The van der Waals surface area contributed by atoms with E-state index in [1.165, 1.54) is 0 Å². The molecule has 2 amide bonds. The Balaban J connectivity index is 2.41. The molecule has 17 heavy (non-hydrogen) atoms. The van der Waals surface area contributed by atoms with E-state index in [2.05, 4.69) is 16.0 Å². The van der Waals surface area contributed by atoms with Gasteiger partial charge in [0.2, 0.25) is 11.8 Å². The predicted molar refractivity (Wildman–Crippen MR) is 66.5 cm³/mol. The molecule has 1 atom stereocenters. The van der Waals surface area contributed by atoms with Crippen LogP contribution in [0.25, 0.3) is 0 Å². The van der Waals surface area contributed by atoms with Crippen LogP contribution in [-0.4, -0.2) is 36.5 Å². The van der Waals surface area contributed by atoms with Crippen LogP contribution in [0.3, 0.4) is 0 Å². The summed E-state index contributed by atoms with van der Waals surface area (Å²) in [7, 11) is 0. The van der Waals surface area contributed by atoms with Crippen molar-refractivity contribution in [3.8, 4) is 0 Å². The van der Waals surface area contributed by atoms with Crippen molar-refractivity contribution in [1.29, 1.82) is 0 Å². The summed E-state index contributed by atoms with van der Waals surface area (Å²) in [5.41, 5.74) is -0.460. The molecule has 0 bridgehead atoms. The van der Waals surface area contributed by atoms with E-state index in [1.807, 2.05) is 20.8 Å². The second kappa shape index (κ2) is 6.00. The Hall–Kier alpha value is -1.10. The molecular formula is C12H23N3O2. The fraction of sp³-hybridized carbons (Fsp3) is 0.833. The SMILES string of the molecule is CCC1(C(=O)NCC(=O)NC(C)C)CCCN1. The predicted octanol–water partition coefficient (Wildman–Crippen LogP) is 0.159. The molecule has 0 spiro atoms. The van der Waals surface area contributed by atoms with Gasteiger partial charge >= 0.3 is 0 Å². The molecule has 1 aliphatic rings. The zero-order valence-electron chi connectivity index (χ0n) is 10.9. The van der Waals surface area contributed by atoms with Crippen LogP contribution >= 0.6 is 0 Å². The zero-order chi connectivity index (χ0) is 12.9. The van der Waals surface area contributed by atoms with Crippen LogP contribution in [-0.2, 0) is 9.59 Å². The third-order valence-corrected chi connectivity index (χ3v) is 3.14. The molecule has 1 fully saturated rings. The quantitative estimate of drug-likeness (QED) is 0.642. The molecule has 0 aromatic rings. The second-order valence-corrected chi connectivity index (χ2v) is 4.87. The molecule has 0 aromatic heterocycles. The van der Waals surface area contributed by atoms with E-state index in [0.29, 0.717) is 0 Å². The van der Waals surface area contributed by atoms with Crippen molar-refractivity contribution in [2.45, 2.75) is 51.6 Å². The summed E-state index contributed by atoms with van der Waals surface area (Å²) >= 11 is 0. The van der Waals surface area contributed by atoms with Crippen LogP contribution in [0.4, 0.5) is 0 Å². The normalized spacial score (nSPS) is 23.8. The van der Waals surface area contributed by atoms with Gasteiger partial charge < -0.3 is 16.0 Å². The van der Waals surface area contributed by atoms with E-state index in [9.17, 15) is 9.59 Å². The van der Waals surface area contributed by atoms with Gasteiger partial charge in [-0.3, -0.25) is 9.59 Å². The Morgan fingerprint density at radius 1 is 1.41 bits per heavy atom. The fourth-order valence-electron chi connectivity index (χ4n) is 2.17. The first-order chi connectivity index (χ1) is 8.00. The van der Waals surface area contributed by atoms with Gasteiger partial charge in [0.25, 0.3) is 0 Å². The van der Waals surface area contributed by atoms with Gasteiger partial charge in [0, 0.05) is 6.04 Å². The molecule has 0 radical (unpaired) electrons. The minimum Gasteiger partial charge on any atom is -0.352 e. The van der Waals surface area contributed by atoms with Crippen LogP contribution in [0.5, 0.6) is 0 Å². The maximum atomic E-state index is 12.0. The molecule has 0 aromatic carbocycles. The Kier molecular flexibility index (Phi) is 4.93. The largest absolute Gasteiger partial charge is 0.352 e. The van der Waals surface area contributed by atoms with Crippen LogP contribution < -0.4 is 16.0 Å². The van der Waals surface area contributed by atoms with E-state index >= 15 is 0 Å². The van der Waals surface area contributed by atoms with Crippen molar-refractivity contribution in [3.05, 3.63) is 0 Å². The molecule has 1 aliphatic heterocycles. The number of amides is 2. The van der Waals surface area contributed by atoms with Crippen LogP contribution in [0, 0.1) is 0 Å². The minimum absolute atomic E-state index is 0.0560. The molecule has 1 saturated heterocycles. The first kappa shape index (κ1) is 14.0. The van der Waals surface area contributed by atoms with Crippen LogP contribution in [0.15, 0.2) is 0 Å². The van der Waals surface area contributed by atoms with E-state index in [-0.39, 0.29) is 24.4 Å². The summed E-state index contributed by atoms with van der Waals surface area (Å²) in [5.74, 6) is -0.200. The standard InChI is InChI=1S/C12H23N3O2/c1-4-12(6-5-7-14-12)11(17)13-8-10(16)15-9(2)3/h9,14H,4-8H2,1-3H3,(H,13,17)(H,15,16). The smallest absolute Gasteiger partial charge is 0.240 e. The van der Waals surface area contributed by atoms with Gasteiger partial charge in [0.05, 0.1) is 12.1 Å². The summed E-state index contributed by atoms with van der Waals surface area (Å²) in [6.07, 6.45) is 2.62. The lowest BCUT2D eigenvalue weighted by molar-refractivity contribution is -0.130. The Morgan fingerprint density at radius 2 is 2.12 bits per heavy atom. The highest BCUT2D eigenvalue weighted by molar-refractivity contribution is 5.90. The summed E-state index contributed by atoms with van der Waals surface area (Å²) in [5, 5.41) is 8.69. The van der Waals surface area contributed by atoms with Crippen molar-refractivity contribution in [2.75, 3.05) is 13.1 Å². The van der Waals surface area contributed by atoms with Gasteiger partial charge in [-0.1, -0.05) is 6.92 Å². The lowest BCUT2D eigenvalue weighted by atomic mass is 9.93. The Bertz CT molecular complexity index is 283. The van der Waals surface area contributed by atoms with Gasteiger partial charge in [-0.2, -0.15) is 0 Å². The van der Waals surface area contributed by atoms with E-state index in [4.69, 9.17) is 0 Å². The summed E-state index contributed by atoms with van der Waals surface area (Å²) in [6.45, 7) is 6.71. The number of nitrogens with one attached hydrogen (secondary N) is 3. The summed E-state index contributed by atoms with van der Waals surface area (Å²) < 4.78 is 0. The molecule has 0 saturated carbocycles. The molecule has 3 N–H and O–H groups in total. The number of carbonyl (C=O) groups excluding carboxylic acids is 2. The fourth-order valence-corrected chi connectivity index (χ4v) is 2.17. The molecule has 1 heterocycles. The van der Waals surface area contributed by atoms with Gasteiger partial charge in [-0.25, -0.2) is 0 Å². The Morgan fingerprint density at radius 3 is 2.59 bits per heavy atom.